The minimum absolute atomic E-state index is 0.317. The number of amides is 3. The van der Waals surface area contributed by atoms with Crippen LogP contribution in [0.3, 0.4) is 0 Å². The van der Waals surface area contributed by atoms with E-state index in [1.807, 2.05) is 0 Å². The summed E-state index contributed by atoms with van der Waals surface area (Å²) < 4.78 is 0. The van der Waals surface area contributed by atoms with Gasteiger partial charge in [-0.1, -0.05) is 13.8 Å². The maximum atomic E-state index is 11.8. The van der Waals surface area contributed by atoms with Crippen molar-refractivity contribution >= 4 is 23.7 Å². The van der Waals surface area contributed by atoms with Crippen LogP contribution in [0.1, 0.15) is 27.7 Å². The molecule has 0 aromatic carbocycles. The maximum absolute atomic E-state index is 11.8. The highest BCUT2D eigenvalue weighted by atomic mass is 16.4. The van der Waals surface area contributed by atoms with Gasteiger partial charge in [0.05, 0.1) is 12.6 Å². The molecular weight excluding hydrogens is 320 g/mol. The molecule has 10 heteroatoms. The van der Waals surface area contributed by atoms with E-state index in [2.05, 4.69) is 16.0 Å². The quantitative estimate of drug-likeness (QED) is 0.269. The summed E-state index contributed by atoms with van der Waals surface area (Å²) in [7, 11) is 0. The molecule has 0 fully saturated rings. The number of carboxylic acids is 1. The number of aliphatic hydroxyl groups excluding tert-OH is 1. The summed E-state index contributed by atoms with van der Waals surface area (Å²) in [5.74, 6) is -3.50. The van der Waals surface area contributed by atoms with Crippen LogP contribution in [-0.4, -0.2) is 64.7 Å². The van der Waals surface area contributed by atoms with E-state index in [0.29, 0.717) is 0 Å². The summed E-state index contributed by atoms with van der Waals surface area (Å²) >= 11 is 0. The molecule has 3 amide bonds. The zero-order valence-electron chi connectivity index (χ0n) is 14.2. The van der Waals surface area contributed by atoms with Crippen LogP contribution in [0.4, 0.5) is 0 Å². The first-order chi connectivity index (χ1) is 11.0. The molecule has 4 atom stereocenters. The molecule has 7 N–H and O–H groups in total. The van der Waals surface area contributed by atoms with Crippen molar-refractivity contribution < 1.29 is 29.4 Å². The number of hydrogen-bond donors (Lipinski definition) is 6. The van der Waals surface area contributed by atoms with Gasteiger partial charge in [-0.3, -0.25) is 14.4 Å². The lowest BCUT2D eigenvalue weighted by Gasteiger charge is -2.20. The van der Waals surface area contributed by atoms with Crippen LogP contribution in [0.2, 0.25) is 0 Å². The Balaban J connectivity index is 4.40. The summed E-state index contributed by atoms with van der Waals surface area (Å²) in [4.78, 5) is 46.1. The number of carbonyl (C=O) groups excluding carboxylic acids is 3. The third kappa shape index (κ3) is 7.38. The average Bonchev–Trinajstić information content (AvgIpc) is 2.48. The number of hydrogen-bond acceptors (Lipinski definition) is 6. The molecule has 0 rings (SSSR count). The molecule has 0 aromatic heterocycles. The summed E-state index contributed by atoms with van der Waals surface area (Å²) in [5.41, 5.74) is 5.43. The molecule has 0 saturated carbocycles. The molecule has 4 unspecified atom stereocenters. The molecule has 0 aliphatic rings. The zero-order chi connectivity index (χ0) is 19.0. The van der Waals surface area contributed by atoms with E-state index in [4.69, 9.17) is 10.8 Å². The number of aliphatic carboxylic acids is 1. The highest BCUT2D eigenvalue weighted by molar-refractivity contribution is 5.92. The van der Waals surface area contributed by atoms with Crippen LogP contribution in [0.5, 0.6) is 0 Å². The van der Waals surface area contributed by atoms with Crippen molar-refractivity contribution in [1.82, 2.24) is 16.0 Å². The van der Waals surface area contributed by atoms with Crippen molar-refractivity contribution in [2.45, 2.75) is 51.9 Å². The molecule has 0 aliphatic heterocycles. The van der Waals surface area contributed by atoms with E-state index in [1.54, 1.807) is 13.8 Å². The number of rotatable bonds is 9. The van der Waals surface area contributed by atoms with Gasteiger partial charge >= 0.3 is 5.97 Å². The van der Waals surface area contributed by atoms with E-state index >= 15 is 0 Å². The highest BCUT2D eigenvalue weighted by Crippen LogP contribution is 2.01. The van der Waals surface area contributed by atoms with E-state index in [1.165, 1.54) is 13.8 Å². The predicted molar refractivity (Wildman–Crippen MR) is 84.7 cm³/mol. The fourth-order valence-electron chi connectivity index (χ4n) is 1.65. The Labute approximate surface area is 140 Å². The van der Waals surface area contributed by atoms with Crippen LogP contribution in [0, 0.1) is 5.92 Å². The standard InChI is InChI=1S/C14H26N4O6/c1-6(2)11(14(23)24)18-9(20)5-16-12(21)7(3)17-13(22)10(15)8(4)19/h6-8,10-11,19H,5,15H2,1-4H3,(H,16,21)(H,17,22)(H,18,20)(H,23,24). The Hall–Kier alpha value is -2.20. The topological polar surface area (TPSA) is 171 Å². The van der Waals surface area contributed by atoms with Crippen molar-refractivity contribution in [3.8, 4) is 0 Å². The van der Waals surface area contributed by atoms with Gasteiger partial charge in [0.15, 0.2) is 0 Å². The predicted octanol–water partition coefficient (Wildman–Crippen LogP) is -2.46. The molecule has 10 nitrogen and oxygen atoms in total. The van der Waals surface area contributed by atoms with Gasteiger partial charge in [-0.15, -0.1) is 0 Å². The minimum atomic E-state index is -1.18. The summed E-state index contributed by atoms with van der Waals surface area (Å²) in [6.07, 6.45) is -1.07. The number of carboxylic acid groups (broad SMARTS) is 1. The van der Waals surface area contributed by atoms with E-state index in [-0.39, 0.29) is 5.92 Å². The fourth-order valence-corrected chi connectivity index (χ4v) is 1.65. The van der Waals surface area contributed by atoms with Gasteiger partial charge in [0, 0.05) is 0 Å². The molecular formula is C14H26N4O6. The van der Waals surface area contributed by atoms with Gasteiger partial charge in [-0.25, -0.2) is 4.79 Å². The highest BCUT2D eigenvalue weighted by Gasteiger charge is 2.25. The van der Waals surface area contributed by atoms with Crippen LogP contribution < -0.4 is 21.7 Å². The first-order valence-corrected chi connectivity index (χ1v) is 7.51. The lowest BCUT2D eigenvalue weighted by molar-refractivity contribution is -0.143. The van der Waals surface area contributed by atoms with Crippen molar-refractivity contribution in [3.63, 3.8) is 0 Å². The van der Waals surface area contributed by atoms with Gasteiger partial charge in [0.1, 0.15) is 18.1 Å². The Kier molecular flexibility index (Phi) is 8.93. The molecule has 0 radical (unpaired) electrons. The molecule has 0 heterocycles. The van der Waals surface area contributed by atoms with E-state index in [9.17, 15) is 24.3 Å². The first kappa shape index (κ1) is 21.8. The lowest BCUT2D eigenvalue weighted by atomic mass is 10.1. The molecule has 24 heavy (non-hydrogen) atoms. The normalized spacial score (nSPS) is 15.8. The van der Waals surface area contributed by atoms with E-state index in [0.717, 1.165) is 0 Å². The Morgan fingerprint density at radius 2 is 1.54 bits per heavy atom. The van der Waals surface area contributed by atoms with Gasteiger partial charge in [-0.2, -0.15) is 0 Å². The number of nitrogens with one attached hydrogen (secondary N) is 3. The van der Waals surface area contributed by atoms with Crippen molar-refractivity contribution in [3.05, 3.63) is 0 Å². The Morgan fingerprint density at radius 1 is 1.00 bits per heavy atom. The van der Waals surface area contributed by atoms with Crippen LogP contribution >= 0.6 is 0 Å². The number of aliphatic hydroxyl groups is 1. The second-order valence-corrected chi connectivity index (χ2v) is 5.84. The second-order valence-electron chi connectivity index (χ2n) is 5.84. The first-order valence-electron chi connectivity index (χ1n) is 7.51. The average molecular weight is 346 g/mol. The summed E-state index contributed by atoms with van der Waals surface area (Å²) in [5, 5.41) is 25.0. The van der Waals surface area contributed by atoms with Gasteiger partial charge in [-0.05, 0) is 19.8 Å². The minimum Gasteiger partial charge on any atom is -0.480 e. The van der Waals surface area contributed by atoms with Crippen LogP contribution in [0.25, 0.3) is 0 Å². The molecule has 0 spiro atoms. The number of carbonyl (C=O) groups is 4. The fraction of sp³-hybridized carbons (Fsp3) is 0.714. The van der Waals surface area contributed by atoms with Crippen LogP contribution in [0.15, 0.2) is 0 Å². The smallest absolute Gasteiger partial charge is 0.326 e. The number of nitrogens with two attached hydrogens (primary N) is 1. The summed E-state index contributed by atoms with van der Waals surface area (Å²) in [6, 6.07) is -3.21. The monoisotopic (exact) mass is 346 g/mol. The third-order valence-corrected chi connectivity index (χ3v) is 3.25. The molecule has 0 aliphatic carbocycles. The molecule has 0 saturated heterocycles. The second kappa shape index (κ2) is 9.83. The van der Waals surface area contributed by atoms with Crippen LogP contribution in [-0.2, 0) is 19.2 Å². The molecule has 138 valence electrons. The van der Waals surface area contributed by atoms with Gasteiger partial charge in [0.25, 0.3) is 0 Å². The van der Waals surface area contributed by atoms with E-state index < -0.39 is 54.5 Å². The maximum Gasteiger partial charge on any atom is 0.326 e. The van der Waals surface area contributed by atoms with Gasteiger partial charge < -0.3 is 31.9 Å². The molecule has 0 aromatic rings. The van der Waals surface area contributed by atoms with Crippen molar-refractivity contribution in [2.24, 2.45) is 11.7 Å². The summed E-state index contributed by atoms with van der Waals surface area (Å²) in [6.45, 7) is 5.57. The Bertz CT molecular complexity index is 480. The zero-order valence-corrected chi connectivity index (χ0v) is 14.2. The largest absolute Gasteiger partial charge is 0.480 e. The van der Waals surface area contributed by atoms with Crippen molar-refractivity contribution in [2.75, 3.05) is 6.54 Å². The SMILES string of the molecule is CC(NC(=O)C(N)C(C)O)C(=O)NCC(=O)NC(C(=O)O)C(C)C. The lowest BCUT2D eigenvalue weighted by Crippen LogP contribution is -2.54. The molecule has 0 bridgehead atoms. The van der Waals surface area contributed by atoms with Gasteiger partial charge in [0.2, 0.25) is 17.7 Å². The third-order valence-electron chi connectivity index (χ3n) is 3.25. The van der Waals surface area contributed by atoms with Crippen molar-refractivity contribution in [1.29, 1.82) is 0 Å². The Morgan fingerprint density at radius 3 is 1.96 bits per heavy atom.